The van der Waals surface area contributed by atoms with Gasteiger partial charge in [0.1, 0.15) is 17.6 Å². The van der Waals surface area contributed by atoms with Gasteiger partial charge in [0.05, 0.1) is 27.4 Å². The molecule has 12 nitrogen and oxygen atoms in total. The van der Waals surface area contributed by atoms with E-state index >= 15 is 0 Å². The average molecular weight is 308 g/mol. The molecule has 0 unspecified atom stereocenters. The molecule has 0 atom stereocenters. The summed E-state index contributed by atoms with van der Waals surface area (Å²) in [6, 6.07) is 3.07. The lowest BCUT2D eigenvalue weighted by molar-refractivity contribution is -0.393. The van der Waals surface area contributed by atoms with Crippen molar-refractivity contribution in [1.29, 1.82) is 0 Å². The molecule has 2 rings (SSSR count). The number of nitro groups is 3. The van der Waals surface area contributed by atoms with Crippen molar-refractivity contribution in [2.75, 3.05) is 5.32 Å². The number of rotatable bonds is 6. The molecule has 0 amide bonds. The topological polar surface area (TPSA) is 170 Å². The second-order valence-corrected chi connectivity index (χ2v) is 4.06. The number of aromatic nitrogens is 2. The van der Waals surface area contributed by atoms with Gasteiger partial charge in [-0.05, 0) is 6.07 Å². The molecule has 12 heteroatoms. The Balaban J connectivity index is 2.26. The Morgan fingerprint density at radius 2 is 1.73 bits per heavy atom. The summed E-state index contributed by atoms with van der Waals surface area (Å²) in [6.07, 6.45) is 1.02. The third kappa shape index (κ3) is 2.95. The van der Waals surface area contributed by atoms with E-state index in [-0.39, 0.29) is 23.6 Å². The molecular weight excluding hydrogens is 300 g/mol. The molecule has 1 heterocycles. The highest BCUT2D eigenvalue weighted by atomic mass is 16.6. The standard InChI is InChI=1S/C10H8N6O6/c17-14(18)6-1-2-7(9(3-6)15(19)20)11-4-8-10(16(21)22)5-12-13-8/h1-3,5,11H,4H2,(H,12,13). The van der Waals surface area contributed by atoms with E-state index in [2.05, 4.69) is 15.5 Å². The average Bonchev–Trinajstić information content (AvgIpc) is 2.93. The summed E-state index contributed by atoms with van der Waals surface area (Å²) in [5.74, 6) is 0. The van der Waals surface area contributed by atoms with Crippen molar-refractivity contribution < 1.29 is 14.8 Å². The molecule has 114 valence electrons. The number of benzene rings is 1. The van der Waals surface area contributed by atoms with E-state index in [1.165, 1.54) is 6.07 Å². The quantitative estimate of drug-likeness (QED) is 0.600. The number of anilines is 1. The van der Waals surface area contributed by atoms with Crippen LogP contribution in [0.1, 0.15) is 5.69 Å². The fourth-order valence-corrected chi connectivity index (χ4v) is 1.71. The lowest BCUT2D eigenvalue weighted by Crippen LogP contribution is -2.05. The van der Waals surface area contributed by atoms with Gasteiger partial charge in [0.25, 0.3) is 11.4 Å². The maximum Gasteiger partial charge on any atom is 0.311 e. The summed E-state index contributed by atoms with van der Waals surface area (Å²) in [5.41, 5.74) is -1.07. The van der Waals surface area contributed by atoms with Crippen molar-refractivity contribution in [3.8, 4) is 0 Å². The van der Waals surface area contributed by atoms with Gasteiger partial charge in [-0.1, -0.05) is 0 Å². The van der Waals surface area contributed by atoms with Crippen molar-refractivity contribution in [3.63, 3.8) is 0 Å². The second kappa shape index (κ2) is 5.82. The molecule has 0 aliphatic rings. The van der Waals surface area contributed by atoms with Crippen LogP contribution in [0.4, 0.5) is 22.7 Å². The van der Waals surface area contributed by atoms with Crippen LogP contribution in [0.2, 0.25) is 0 Å². The first-order valence-electron chi connectivity index (χ1n) is 5.73. The SMILES string of the molecule is O=[N+]([O-])c1ccc(NCc2[nH]ncc2[N+](=O)[O-])c([N+](=O)[O-])c1. The molecule has 1 aromatic carbocycles. The van der Waals surface area contributed by atoms with E-state index in [1.807, 2.05) is 0 Å². The van der Waals surface area contributed by atoms with E-state index < -0.39 is 26.1 Å². The lowest BCUT2D eigenvalue weighted by atomic mass is 10.2. The molecule has 2 aromatic rings. The number of hydrogen-bond donors (Lipinski definition) is 2. The number of H-pyrrole nitrogens is 1. The van der Waals surface area contributed by atoms with Gasteiger partial charge in [-0.2, -0.15) is 5.10 Å². The minimum absolute atomic E-state index is 0.000465. The molecule has 1 aromatic heterocycles. The summed E-state index contributed by atoms with van der Waals surface area (Å²) in [4.78, 5) is 30.1. The first-order valence-corrected chi connectivity index (χ1v) is 5.73. The Hall–Kier alpha value is -3.57. The lowest BCUT2D eigenvalue weighted by Gasteiger charge is -2.05. The zero-order valence-corrected chi connectivity index (χ0v) is 10.8. The molecule has 0 radical (unpaired) electrons. The Kier molecular flexibility index (Phi) is 3.92. The molecule has 2 N–H and O–H groups in total. The number of non-ortho nitro benzene ring substituents is 1. The van der Waals surface area contributed by atoms with Crippen molar-refractivity contribution in [3.05, 3.63) is 60.4 Å². The molecule has 0 saturated heterocycles. The predicted octanol–water partition coefficient (Wildman–Crippen LogP) is 1.75. The number of nitrogens with one attached hydrogen (secondary N) is 2. The Bertz CT molecular complexity index is 756. The number of hydrogen-bond acceptors (Lipinski definition) is 8. The maximum absolute atomic E-state index is 10.9. The number of nitrogens with zero attached hydrogens (tertiary/aromatic N) is 4. The largest absolute Gasteiger partial charge is 0.374 e. The zero-order chi connectivity index (χ0) is 16.3. The van der Waals surface area contributed by atoms with Crippen LogP contribution in [-0.4, -0.2) is 25.0 Å². The zero-order valence-electron chi connectivity index (χ0n) is 10.8. The highest BCUT2D eigenvalue weighted by molar-refractivity contribution is 5.65. The van der Waals surface area contributed by atoms with Crippen LogP contribution in [0.25, 0.3) is 0 Å². The predicted molar refractivity (Wildman–Crippen MR) is 72.3 cm³/mol. The van der Waals surface area contributed by atoms with E-state index in [1.54, 1.807) is 0 Å². The van der Waals surface area contributed by atoms with Gasteiger partial charge in [0.2, 0.25) is 0 Å². The van der Waals surface area contributed by atoms with Crippen LogP contribution >= 0.6 is 0 Å². The number of aromatic amines is 1. The van der Waals surface area contributed by atoms with Gasteiger partial charge in [0.15, 0.2) is 0 Å². The van der Waals surface area contributed by atoms with Gasteiger partial charge < -0.3 is 5.32 Å². The highest BCUT2D eigenvalue weighted by Crippen LogP contribution is 2.29. The van der Waals surface area contributed by atoms with Crippen LogP contribution < -0.4 is 5.32 Å². The summed E-state index contributed by atoms with van der Waals surface area (Å²) in [6.45, 7) is -0.130. The minimum Gasteiger partial charge on any atom is -0.374 e. The van der Waals surface area contributed by atoms with Crippen molar-refractivity contribution >= 4 is 22.7 Å². The number of nitro benzene ring substituents is 2. The van der Waals surface area contributed by atoms with Crippen molar-refractivity contribution in [2.24, 2.45) is 0 Å². The molecule has 0 fully saturated rings. The van der Waals surface area contributed by atoms with Crippen LogP contribution in [0, 0.1) is 30.3 Å². The molecule has 0 spiro atoms. The molecular formula is C10H8N6O6. The van der Waals surface area contributed by atoms with E-state index in [0.717, 1.165) is 18.3 Å². The first-order chi connectivity index (χ1) is 10.4. The Morgan fingerprint density at radius 3 is 2.32 bits per heavy atom. The molecule has 22 heavy (non-hydrogen) atoms. The van der Waals surface area contributed by atoms with Gasteiger partial charge in [-0.15, -0.1) is 0 Å². The Labute approximate surface area is 121 Å². The smallest absolute Gasteiger partial charge is 0.311 e. The maximum atomic E-state index is 10.9. The van der Waals surface area contributed by atoms with Crippen LogP contribution in [0.3, 0.4) is 0 Å². The van der Waals surface area contributed by atoms with Crippen LogP contribution in [-0.2, 0) is 6.54 Å². The normalized spacial score (nSPS) is 10.2. The van der Waals surface area contributed by atoms with E-state index in [9.17, 15) is 30.3 Å². The molecule has 0 aliphatic carbocycles. The van der Waals surface area contributed by atoms with Gasteiger partial charge in [-0.25, -0.2) is 0 Å². The van der Waals surface area contributed by atoms with Crippen LogP contribution in [0.5, 0.6) is 0 Å². The van der Waals surface area contributed by atoms with Gasteiger partial charge in [0, 0.05) is 6.07 Å². The fourth-order valence-electron chi connectivity index (χ4n) is 1.71. The summed E-state index contributed by atoms with van der Waals surface area (Å²) < 4.78 is 0. The van der Waals surface area contributed by atoms with Crippen molar-refractivity contribution in [1.82, 2.24) is 10.2 Å². The first kappa shape index (κ1) is 14.8. The molecule has 0 aliphatic heterocycles. The Morgan fingerprint density at radius 1 is 1.05 bits per heavy atom. The highest BCUT2D eigenvalue weighted by Gasteiger charge is 2.21. The summed E-state index contributed by atoms with van der Waals surface area (Å²) in [7, 11) is 0. The monoisotopic (exact) mass is 308 g/mol. The third-order valence-corrected chi connectivity index (χ3v) is 2.74. The third-order valence-electron chi connectivity index (χ3n) is 2.74. The minimum atomic E-state index is -0.781. The fraction of sp³-hybridized carbons (Fsp3) is 0.100. The molecule has 0 saturated carbocycles. The van der Waals surface area contributed by atoms with Crippen molar-refractivity contribution in [2.45, 2.75) is 6.54 Å². The van der Waals surface area contributed by atoms with Gasteiger partial charge in [-0.3, -0.25) is 35.4 Å². The molecule has 0 bridgehead atoms. The summed E-state index contributed by atoms with van der Waals surface area (Å²) in [5, 5.41) is 40.8. The van der Waals surface area contributed by atoms with E-state index in [0.29, 0.717) is 0 Å². The van der Waals surface area contributed by atoms with Gasteiger partial charge >= 0.3 is 5.69 Å². The van der Waals surface area contributed by atoms with E-state index in [4.69, 9.17) is 0 Å². The second-order valence-electron chi connectivity index (χ2n) is 4.06. The summed E-state index contributed by atoms with van der Waals surface area (Å²) >= 11 is 0. The van der Waals surface area contributed by atoms with Crippen LogP contribution in [0.15, 0.2) is 24.4 Å².